The maximum Gasteiger partial charge on any atom is 0.0716 e. The highest BCUT2D eigenvalue weighted by Gasteiger charge is 1.96. The summed E-state index contributed by atoms with van der Waals surface area (Å²) in [5.74, 6) is 0. The van der Waals surface area contributed by atoms with Crippen molar-refractivity contribution in [3.63, 3.8) is 0 Å². The summed E-state index contributed by atoms with van der Waals surface area (Å²) in [4.78, 5) is 3.16. The van der Waals surface area contributed by atoms with E-state index in [1.54, 1.807) is 0 Å². The van der Waals surface area contributed by atoms with Crippen LogP contribution >= 0.6 is 0 Å². The zero-order valence-electron chi connectivity index (χ0n) is 7.71. The number of ether oxygens (including phenoxy) is 1. The number of H-pyrrole nitrogens is 1. The van der Waals surface area contributed by atoms with Crippen LogP contribution in [0, 0.1) is 0 Å². The van der Waals surface area contributed by atoms with Crippen LogP contribution in [0.4, 0.5) is 0 Å². The van der Waals surface area contributed by atoms with Crippen molar-refractivity contribution in [1.29, 1.82) is 0 Å². The summed E-state index contributed by atoms with van der Waals surface area (Å²) in [6.45, 7) is 3.48. The second-order valence-electron chi connectivity index (χ2n) is 3.04. The second-order valence-corrected chi connectivity index (χ2v) is 3.04. The molecule has 0 atom stereocenters. The van der Waals surface area contributed by atoms with E-state index in [2.05, 4.69) is 29.2 Å². The molecule has 0 spiro atoms. The van der Waals surface area contributed by atoms with Crippen LogP contribution in [-0.4, -0.2) is 11.6 Å². The van der Waals surface area contributed by atoms with Crippen molar-refractivity contribution in [3.8, 4) is 0 Å². The molecule has 0 aliphatic carbocycles. The molecule has 0 unspecified atom stereocenters. The summed E-state index contributed by atoms with van der Waals surface area (Å²) in [6, 6.07) is 8.41. The van der Waals surface area contributed by atoms with Crippen LogP contribution in [0.15, 0.2) is 30.5 Å². The maximum absolute atomic E-state index is 5.33. The minimum Gasteiger partial charge on any atom is -0.377 e. The van der Waals surface area contributed by atoms with Gasteiger partial charge in [0.2, 0.25) is 0 Å². The van der Waals surface area contributed by atoms with Gasteiger partial charge in [-0.25, -0.2) is 0 Å². The molecule has 1 N–H and O–H groups in total. The van der Waals surface area contributed by atoms with Crippen LogP contribution in [-0.2, 0) is 11.3 Å². The molecule has 1 heterocycles. The summed E-state index contributed by atoms with van der Waals surface area (Å²) in [5.41, 5.74) is 2.41. The van der Waals surface area contributed by atoms with Gasteiger partial charge in [0.05, 0.1) is 6.61 Å². The van der Waals surface area contributed by atoms with Gasteiger partial charge in [-0.3, -0.25) is 0 Å². The molecule has 0 aliphatic rings. The van der Waals surface area contributed by atoms with Crippen molar-refractivity contribution in [2.75, 3.05) is 6.61 Å². The smallest absolute Gasteiger partial charge is 0.0716 e. The third-order valence-electron chi connectivity index (χ3n) is 2.09. The molecular formula is C11H13NO. The third-order valence-corrected chi connectivity index (χ3v) is 2.09. The third kappa shape index (κ3) is 1.73. The topological polar surface area (TPSA) is 25.0 Å². The molecule has 1 aromatic heterocycles. The minimum absolute atomic E-state index is 0.706. The lowest BCUT2D eigenvalue weighted by Gasteiger charge is -2.00. The summed E-state index contributed by atoms with van der Waals surface area (Å²) >= 11 is 0. The van der Waals surface area contributed by atoms with E-state index in [1.165, 1.54) is 16.5 Å². The van der Waals surface area contributed by atoms with Crippen LogP contribution in [0.1, 0.15) is 12.5 Å². The Hall–Kier alpha value is -1.28. The lowest BCUT2D eigenvalue weighted by atomic mass is 10.2. The summed E-state index contributed by atoms with van der Waals surface area (Å²) < 4.78 is 5.33. The van der Waals surface area contributed by atoms with Crippen molar-refractivity contribution in [2.24, 2.45) is 0 Å². The lowest BCUT2D eigenvalue weighted by Crippen LogP contribution is -1.90. The molecule has 0 amide bonds. The SMILES string of the molecule is CCOCc1ccc2[nH]ccc2c1. The standard InChI is InChI=1S/C11H13NO/c1-2-13-8-9-3-4-11-10(7-9)5-6-12-11/h3-7,12H,2,8H2,1H3. The van der Waals surface area contributed by atoms with Crippen molar-refractivity contribution >= 4 is 10.9 Å². The number of rotatable bonds is 3. The zero-order chi connectivity index (χ0) is 9.10. The van der Waals surface area contributed by atoms with Gasteiger partial charge in [-0.15, -0.1) is 0 Å². The normalized spacial score (nSPS) is 10.8. The number of fused-ring (bicyclic) bond motifs is 1. The fourth-order valence-electron chi connectivity index (χ4n) is 1.41. The van der Waals surface area contributed by atoms with Crippen LogP contribution in [0.5, 0.6) is 0 Å². The number of benzene rings is 1. The first-order valence-electron chi connectivity index (χ1n) is 4.54. The average molecular weight is 175 g/mol. The van der Waals surface area contributed by atoms with E-state index in [-0.39, 0.29) is 0 Å². The Morgan fingerprint density at radius 2 is 2.23 bits per heavy atom. The Morgan fingerprint density at radius 3 is 3.08 bits per heavy atom. The predicted molar refractivity (Wildman–Crippen MR) is 53.6 cm³/mol. The molecule has 2 heteroatoms. The van der Waals surface area contributed by atoms with Gasteiger partial charge in [-0.2, -0.15) is 0 Å². The van der Waals surface area contributed by atoms with E-state index in [4.69, 9.17) is 4.74 Å². The molecule has 13 heavy (non-hydrogen) atoms. The highest BCUT2D eigenvalue weighted by Crippen LogP contribution is 2.14. The van der Waals surface area contributed by atoms with Crippen LogP contribution in [0.2, 0.25) is 0 Å². The summed E-state index contributed by atoms with van der Waals surface area (Å²) in [7, 11) is 0. The summed E-state index contributed by atoms with van der Waals surface area (Å²) in [5, 5.41) is 1.25. The molecule has 0 fully saturated rings. The Labute approximate surface area is 77.5 Å². The van der Waals surface area contributed by atoms with Crippen LogP contribution < -0.4 is 0 Å². The summed E-state index contributed by atoms with van der Waals surface area (Å²) in [6.07, 6.45) is 1.95. The monoisotopic (exact) mass is 175 g/mol. The Kier molecular flexibility index (Phi) is 2.32. The molecule has 0 bridgehead atoms. The maximum atomic E-state index is 5.33. The fraction of sp³-hybridized carbons (Fsp3) is 0.273. The Balaban J connectivity index is 2.26. The molecule has 0 aliphatic heterocycles. The van der Waals surface area contributed by atoms with Gasteiger partial charge in [-0.1, -0.05) is 6.07 Å². The first-order valence-corrected chi connectivity index (χ1v) is 4.54. The average Bonchev–Trinajstić information content (AvgIpc) is 2.61. The highest BCUT2D eigenvalue weighted by molar-refractivity contribution is 5.79. The molecule has 1 aromatic carbocycles. The molecule has 0 saturated carbocycles. The quantitative estimate of drug-likeness (QED) is 0.762. The molecule has 2 nitrogen and oxygen atoms in total. The van der Waals surface area contributed by atoms with Gasteiger partial charge in [0, 0.05) is 18.3 Å². The van der Waals surface area contributed by atoms with Crippen molar-refractivity contribution in [1.82, 2.24) is 4.98 Å². The van der Waals surface area contributed by atoms with Gasteiger partial charge < -0.3 is 9.72 Å². The fourth-order valence-corrected chi connectivity index (χ4v) is 1.41. The van der Waals surface area contributed by atoms with Crippen molar-refractivity contribution in [2.45, 2.75) is 13.5 Å². The molecule has 0 radical (unpaired) electrons. The van der Waals surface area contributed by atoms with E-state index < -0.39 is 0 Å². The number of aromatic nitrogens is 1. The first kappa shape index (κ1) is 8.32. The number of aromatic amines is 1. The van der Waals surface area contributed by atoms with Gasteiger partial charge in [0.25, 0.3) is 0 Å². The van der Waals surface area contributed by atoms with Gasteiger partial charge in [0.15, 0.2) is 0 Å². The van der Waals surface area contributed by atoms with Gasteiger partial charge >= 0.3 is 0 Å². The van der Waals surface area contributed by atoms with Gasteiger partial charge in [-0.05, 0) is 36.1 Å². The molecular weight excluding hydrogens is 162 g/mol. The molecule has 0 saturated heterocycles. The second kappa shape index (κ2) is 3.62. The number of nitrogens with one attached hydrogen (secondary N) is 1. The molecule has 2 aromatic rings. The highest BCUT2D eigenvalue weighted by atomic mass is 16.5. The Morgan fingerprint density at radius 1 is 1.31 bits per heavy atom. The van der Waals surface area contributed by atoms with Crippen molar-refractivity contribution in [3.05, 3.63) is 36.0 Å². The Bertz CT molecular complexity index is 392. The number of hydrogen-bond donors (Lipinski definition) is 1. The van der Waals surface area contributed by atoms with E-state index in [9.17, 15) is 0 Å². The van der Waals surface area contributed by atoms with Gasteiger partial charge in [0.1, 0.15) is 0 Å². The van der Waals surface area contributed by atoms with Crippen molar-refractivity contribution < 1.29 is 4.74 Å². The van der Waals surface area contributed by atoms with Crippen LogP contribution in [0.3, 0.4) is 0 Å². The first-order chi connectivity index (χ1) is 6.40. The van der Waals surface area contributed by atoms with E-state index in [1.807, 2.05) is 13.1 Å². The minimum atomic E-state index is 0.706. The predicted octanol–water partition coefficient (Wildman–Crippen LogP) is 2.70. The van der Waals surface area contributed by atoms with E-state index >= 15 is 0 Å². The zero-order valence-corrected chi connectivity index (χ0v) is 7.71. The van der Waals surface area contributed by atoms with E-state index in [0.717, 1.165) is 6.61 Å². The largest absolute Gasteiger partial charge is 0.377 e. The number of hydrogen-bond acceptors (Lipinski definition) is 1. The molecule has 2 rings (SSSR count). The van der Waals surface area contributed by atoms with Crippen LogP contribution in [0.25, 0.3) is 10.9 Å². The van der Waals surface area contributed by atoms with E-state index in [0.29, 0.717) is 6.61 Å². The molecule has 68 valence electrons. The lowest BCUT2D eigenvalue weighted by molar-refractivity contribution is 0.134.